The van der Waals surface area contributed by atoms with E-state index in [-0.39, 0.29) is 17.0 Å². The van der Waals surface area contributed by atoms with Crippen LogP contribution in [0.1, 0.15) is 43.9 Å². The first kappa shape index (κ1) is 24.5. The van der Waals surface area contributed by atoms with Crippen molar-refractivity contribution in [2.24, 2.45) is 11.8 Å². The summed E-state index contributed by atoms with van der Waals surface area (Å²) in [6, 6.07) is 2.08. The molecule has 7 nitrogen and oxygen atoms in total. The zero-order valence-corrected chi connectivity index (χ0v) is 20.9. The maximum atomic E-state index is 13.1. The predicted octanol–water partition coefficient (Wildman–Crippen LogP) is 3.38. The van der Waals surface area contributed by atoms with Crippen LogP contribution in [-0.4, -0.2) is 53.0 Å². The summed E-state index contributed by atoms with van der Waals surface area (Å²) in [4.78, 5) is 30.5. The minimum Gasteiger partial charge on any atom is -0.383 e. The summed E-state index contributed by atoms with van der Waals surface area (Å²) in [5, 5.41) is 9.71. The van der Waals surface area contributed by atoms with Crippen LogP contribution in [0, 0.1) is 30.1 Å². The maximum absolute atomic E-state index is 13.1. The highest BCUT2D eigenvalue weighted by molar-refractivity contribution is 8.26. The van der Waals surface area contributed by atoms with Crippen LogP contribution in [0.25, 0.3) is 6.08 Å². The molecule has 2 atom stereocenters. The van der Waals surface area contributed by atoms with E-state index in [9.17, 15) is 14.9 Å². The smallest absolute Gasteiger partial charge is 0.270 e. The molecule has 172 valence electrons. The second kappa shape index (κ2) is 10.2. The average molecular weight is 475 g/mol. The van der Waals surface area contributed by atoms with Crippen LogP contribution in [0.4, 0.5) is 5.82 Å². The van der Waals surface area contributed by atoms with Gasteiger partial charge in [-0.25, -0.2) is 0 Å². The van der Waals surface area contributed by atoms with Gasteiger partial charge in [0.2, 0.25) is 0 Å². The number of anilines is 1. The topological polar surface area (TPSA) is 78.6 Å². The van der Waals surface area contributed by atoms with Gasteiger partial charge in [-0.2, -0.15) is 5.26 Å². The molecule has 3 rings (SSSR count). The highest BCUT2D eigenvalue weighted by Crippen LogP contribution is 2.37. The molecule has 1 aromatic rings. The predicted molar refractivity (Wildman–Crippen MR) is 133 cm³/mol. The minimum atomic E-state index is -0.279. The minimum absolute atomic E-state index is 0.120. The lowest BCUT2D eigenvalue weighted by Crippen LogP contribution is -2.42. The van der Waals surface area contributed by atoms with Gasteiger partial charge in [0.05, 0.1) is 18.1 Å². The summed E-state index contributed by atoms with van der Waals surface area (Å²) in [5.41, 5.74) is 1.19. The van der Waals surface area contributed by atoms with Gasteiger partial charge in [-0.15, -0.1) is 0 Å². The molecule has 0 spiro atoms. The molecule has 2 unspecified atom stereocenters. The Bertz CT molecular complexity index is 1050. The van der Waals surface area contributed by atoms with Crippen LogP contribution in [0.15, 0.2) is 9.70 Å². The number of hydrogen-bond acceptors (Lipinski definition) is 7. The van der Waals surface area contributed by atoms with Crippen molar-refractivity contribution < 1.29 is 9.53 Å². The highest BCUT2D eigenvalue weighted by atomic mass is 32.2. The number of methoxy groups -OCH3 is 1. The van der Waals surface area contributed by atoms with Crippen LogP contribution in [-0.2, 0) is 16.1 Å². The van der Waals surface area contributed by atoms with Gasteiger partial charge in [0.25, 0.3) is 11.5 Å². The monoisotopic (exact) mass is 474 g/mol. The molecule has 2 aliphatic rings. The van der Waals surface area contributed by atoms with Gasteiger partial charge >= 0.3 is 0 Å². The van der Waals surface area contributed by atoms with Crippen LogP contribution >= 0.6 is 24.0 Å². The molecule has 0 aromatic carbocycles. The van der Waals surface area contributed by atoms with E-state index in [0.717, 1.165) is 30.9 Å². The third kappa shape index (κ3) is 4.63. The molecule has 0 bridgehead atoms. The molecule has 2 saturated heterocycles. The molecule has 9 heteroatoms. The molecule has 2 aliphatic heterocycles. The fourth-order valence-corrected chi connectivity index (χ4v) is 5.91. The molecule has 1 aromatic heterocycles. The Kier molecular flexibility index (Phi) is 7.80. The summed E-state index contributed by atoms with van der Waals surface area (Å²) >= 11 is 6.67. The fraction of sp³-hybridized carbons (Fsp3) is 0.565. The first-order chi connectivity index (χ1) is 15.2. The van der Waals surface area contributed by atoms with Gasteiger partial charge in [-0.3, -0.25) is 19.1 Å². The lowest BCUT2D eigenvalue weighted by molar-refractivity contribution is -0.122. The third-order valence-corrected chi connectivity index (χ3v) is 7.38. The zero-order chi connectivity index (χ0) is 23.6. The van der Waals surface area contributed by atoms with Crippen LogP contribution < -0.4 is 10.5 Å². The molecular formula is C23H30N4O3S2. The number of nitriles is 1. The van der Waals surface area contributed by atoms with Gasteiger partial charge in [0, 0.05) is 32.3 Å². The van der Waals surface area contributed by atoms with E-state index in [2.05, 4.69) is 24.8 Å². The van der Waals surface area contributed by atoms with Crippen LogP contribution in [0.3, 0.4) is 0 Å². The van der Waals surface area contributed by atoms with Crippen LogP contribution in [0.5, 0.6) is 0 Å². The number of piperidine rings is 1. The van der Waals surface area contributed by atoms with E-state index >= 15 is 0 Å². The van der Waals surface area contributed by atoms with Gasteiger partial charge in [0.1, 0.15) is 21.8 Å². The summed E-state index contributed by atoms with van der Waals surface area (Å²) in [6.45, 7) is 11.0. The van der Waals surface area contributed by atoms with E-state index in [0.29, 0.717) is 46.3 Å². The molecule has 0 aliphatic carbocycles. The lowest BCUT2D eigenvalue weighted by atomic mass is 9.91. The summed E-state index contributed by atoms with van der Waals surface area (Å²) in [6.07, 6.45) is 2.95. The van der Waals surface area contributed by atoms with E-state index in [1.54, 1.807) is 18.6 Å². The van der Waals surface area contributed by atoms with Crippen molar-refractivity contribution in [3.05, 3.63) is 31.9 Å². The Morgan fingerprint density at radius 2 is 1.94 bits per heavy atom. The SMILES string of the molecule is CCn1c(N2CC(C)CC(C)C2)c(C=C2SC(=S)N(CCOC)C2=O)c(C)c(C#N)c1=O. The molecule has 32 heavy (non-hydrogen) atoms. The molecule has 3 heterocycles. The number of amides is 1. The number of ether oxygens (including phenoxy) is 1. The van der Waals surface area contributed by atoms with E-state index < -0.39 is 0 Å². The largest absolute Gasteiger partial charge is 0.383 e. The fourth-order valence-electron chi connectivity index (χ4n) is 4.62. The van der Waals surface area contributed by atoms with Crippen LogP contribution in [0.2, 0.25) is 0 Å². The Hall–Kier alpha value is -2.15. The normalized spacial score (nSPS) is 22.7. The number of rotatable bonds is 6. The van der Waals surface area contributed by atoms with E-state index in [4.69, 9.17) is 17.0 Å². The molecule has 0 N–H and O–H groups in total. The van der Waals surface area contributed by atoms with Gasteiger partial charge in [-0.05, 0) is 43.7 Å². The first-order valence-corrected chi connectivity index (χ1v) is 12.1. The lowest BCUT2D eigenvalue weighted by Gasteiger charge is -2.38. The number of pyridine rings is 1. The van der Waals surface area contributed by atoms with Gasteiger partial charge in [0.15, 0.2) is 0 Å². The van der Waals surface area contributed by atoms with Crippen molar-refractivity contribution in [3.8, 4) is 6.07 Å². The second-order valence-electron chi connectivity index (χ2n) is 8.58. The molecule has 1 amide bonds. The maximum Gasteiger partial charge on any atom is 0.270 e. The standard InChI is InChI=1S/C23H30N4O3S2/c1-6-26-20(25-12-14(2)9-15(3)13-25)17(16(4)18(11-24)21(26)28)10-19-22(29)27(7-8-30-5)23(31)32-19/h10,14-15H,6-9,12-13H2,1-5H3. The number of nitrogens with zero attached hydrogens (tertiary/aromatic N) is 4. The average Bonchev–Trinajstić information content (AvgIpc) is 3.00. The number of aromatic nitrogens is 1. The number of thiocarbonyl (C=S) groups is 1. The van der Waals surface area contributed by atoms with E-state index in [1.807, 2.05) is 13.0 Å². The van der Waals surface area contributed by atoms with Gasteiger partial charge in [-0.1, -0.05) is 37.8 Å². The van der Waals surface area contributed by atoms with Crippen molar-refractivity contribution in [2.75, 3.05) is 38.3 Å². The Morgan fingerprint density at radius 3 is 2.50 bits per heavy atom. The first-order valence-electron chi connectivity index (χ1n) is 10.9. The highest BCUT2D eigenvalue weighted by Gasteiger charge is 2.33. The molecule has 0 saturated carbocycles. The van der Waals surface area contributed by atoms with Gasteiger partial charge < -0.3 is 9.64 Å². The Morgan fingerprint density at radius 1 is 1.28 bits per heavy atom. The number of hydrogen-bond donors (Lipinski definition) is 0. The number of thioether (sulfide) groups is 1. The molecular weight excluding hydrogens is 444 g/mol. The Balaban J connectivity index is 2.20. The van der Waals surface area contributed by atoms with Crippen molar-refractivity contribution in [1.82, 2.24) is 9.47 Å². The zero-order valence-electron chi connectivity index (χ0n) is 19.3. The van der Waals surface area contributed by atoms with Crippen molar-refractivity contribution in [2.45, 2.75) is 40.7 Å². The van der Waals surface area contributed by atoms with E-state index in [1.165, 1.54) is 16.7 Å². The summed E-state index contributed by atoms with van der Waals surface area (Å²) in [5.74, 6) is 1.58. The van der Waals surface area contributed by atoms with Crippen molar-refractivity contribution >= 4 is 46.1 Å². The third-order valence-electron chi connectivity index (χ3n) is 6.00. The molecule has 2 fully saturated rings. The molecule has 0 radical (unpaired) electrons. The van der Waals surface area contributed by atoms with Crippen molar-refractivity contribution in [1.29, 1.82) is 5.26 Å². The summed E-state index contributed by atoms with van der Waals surface area (Å²) < 4.78 is 7.26. The summed E-state index contributed by atoms with van der Waals surface area (Å²) in [7, 11) is 1.58. The van der Waals surface area contributed by atoms with Crippen molar-refractivity contribution in [3.63, 3.8) is 0 Å². The second-order valence-corrected chi connectivity index (χ2v) is 10.3. The number of carbonyl (C=O) groups excluding carboxylic acids is 1. The number of carbonyl (C=O) groups is 1. The quantitative estimate of drug-likeness (QED) is 0.462. The Labute approximate surface area is 199 Å².